The normalized spacial score (nSPS) is 25.6. The second-order valence-electron chi connectivity index (χ2n) is 7.26. The second-order valence-corrected chi connectivity index (χ2v) is 9.85. The predicted molar refractivity (Wildman–Crippen MR) is 109 cm³/mol. The summed E-state index contributed by atoms with van der Waals surface area (Å²) >= 11 is 0. The van der Waals surface area contributed by atoms with Gasteiger partial charge in [0.2, 0.25) is 0 Å². The molecule has 1 heterocycles. The highest BCUT2D eigenvalue weighted by Gasteiger charge is 2.35. The van der Waals surface area contributed by atoms with Gasteiger partial charge in [-0.2, -0.15) is 0 Å². The highest BCUT2D eigenvalue weighted by Crippen LogP contribution is 2.34. The Morgan fingerprint density at radius 2 is 2.12 bits per heavy atom. The molecule has 1 unspecified atom stereocenters. The summed E-state index contributed by atoms with van der Waals surface area (Å²) in [6.07, 6.45) is 2.54. The number of guanidine groups is 1. The summed E-state index contributed by atoms with van der Waals surface area (Å²) in [5.74, 6) is 2.45. The number of nitrogens with zero attached hydrogens (tertiary/aromatic N) is 1. The standard InChI is InChI=1S/C17H32N4O2S2/c1-12(2)9-15(23)17(3)10-21-13(5-4-7-20-16(18)19)14(22)6-8-24-25-11-17/h12-13,21H,4-11H2,1-3H3,(H4,18,19,20)/t13-,17?/m0/s1. The molecule has 0 bridgehead atoms. The first-order chi connectivity index (χ1) is 11.7. The second kappa shape index (κ2) is 11.1. The van der Waals surface area contributed by atoms with Crippen molar-refractivity contribution in [2.45, 2.75) is 52.5 Å². The van der Waals surface area contributed by atoms with Crippen molar-refractivity contribution in [1.29, 1.82) is 0 Å². The quantitative estimate of drug-likeness (QED) is 0.265. The highest BCUT2D eigenvalue weighted by molar-refractivity contribution is 8.76. The molecule has 0 aromatic rings. The van der Waals surface area contributed by atoms with Gasteiger partial charge in [-0.25, -0.2) is 0 Å². The summed E-state index contributed by atoms with van der Waals surface area (Å²) < 4.78 is 0. The first-order valence-corrected chi connectivity index (χ1v) is 11.3. The van der Waals surface area contributed by atoms with Crippen LogP contribution in [0.5, 0.6) is 0 Å². The first-order valence-electron chi connectivity index (χ1n) is 8.84. The molecular formula is C17H32N4O2S2. The zero-order valence-electron chi connectivity index (χ0n) is 15.5. The number of nitrogens with one attached hydrogen (secondary N) is 1. The Hall–Kier alpha value is -0.730. The molecule has 2 atom stereocenters. The van der Waals surface area contributed by atoms with Gasteiger partial charge >= 0.3 is 0 Å². The third-order valence-electron chi connectivity index (χ3n) is 4.23. The maximum atomic E-state index is 12.7. The molecule has 25 heavy (non-hydrogen) atoms. The fraction of sp³-hybridized carbons (Fsp3) is 0.824. The van der Waals surface area contributed by atoms with Crippen LogP contribution in [-0.2, 0) is 9.59 Å². The number of nitrogens with two attached hydrogens (primary N) is 2. The van der Waals surface area contributed by atoms with Crippen molar-refractivity contribution >= 4 is 39.1 Å². The van der Waals surface area contributed by atoms with Crippen molar-refractivity contribution in [3.63, 3.8) is 0 Å². The average molecular weight is 389 g/mol. The number of carbonyl (C=O) groups is 2. The summed E-state index contributed by atoms with van der Waals surface area (Å²) in [6.45, 7) is 7.19. The lowest BCUT2D eigenvalue weighted by Crippen LogP contribution is -2.47. The minimum absolute atomic E-state index is 0.0746. The number of ketones is 2. The molecule has 0 aromatic heterocycles. The van der Waals surface area contributed by atoms with Crippen molar-refractivity contribution in [3.05, 3.63) is 0 Å². The van der Waals surface area contributed by atoms with Crippen LogP contribution in [0.25, 0.3) is 0 Å². The third-order valence-corrected chi connectivity index (χ3v) is 6.88. The van der Waals surface area contributed by atoms with Crippen LogP contribution in [0.15, 0.2) is 4.99 Å². The summed E-state index contributed by atoms with van der Waals surface area (Å²) in [4.78, 5) is 29.2. The Balaban J connectivity index is 2.73. The Morgan fingerprint density at radius 3 is 2.76 bits per heavy atom. The molecule has 1 aliphatic heterocycles. The molecule has 0 saturated carbocycles. The monoisotopic (exact) mass is 388 g/mol. The molecule has 1 rings (SSSR count). The molecule has 144 valence electrons. The SMILES string of the molecule is CC(C)CC(=O)C1(C)CN[C@@H](CCCN=C(N)N)C(=O)CCSSC1. The number of carbonyl (C=O) groups excluding carboxylic acids is 2. The summed E-state index contributed by atoms with van der Waals surface area (Å²) in [5.41, 5.74) is 10.2. The first kappa shape index (κ1) is 22.3. The van der Waals surface area contributed by atoms with Crippen LogP contribution in [0.3, 0.4) is 0 Å². The molecule has 8 heteroatoms. The van der Waals surface area contributed by atoms with E-state index in [4.69, 9.17) is 11.5 Å². The third kappa shape index (κ3) is 8.46. The van der Waals surface area contributed by atoms with Gasteiger partial charge in [0.1, 0.15) is 5.78 Å². The van der Waals surface area contributed by atoms with Crippen LogP contribution in [0.2, 0.25) is 0 Å². The summed E-state index contributed by atoms with van der Waals surface area (Å²) in [6, 6.07) is -0.232. The van der Waals surface area contributed by atoms with E-state index in [1.54, 1.807) is 21.6 Å². The van der Waals surface area contributed by atoms with Crippen molar-refractivity contribution in [3.8, 4) is 0 Å². The molecule has 1 aliphatic rings. The lowest BCUT2D eigenvalue weighted by molar-refractivity contribution is -0.128. The fourth-order valence-corrected chi connectivity index (χ4v) is 5.27. The van der Waals surface area contributed by atoms with E-state index >= 15 is 0 Å². The van der Waals surface area contributed by atoms with E-state index in [-0.39, 0.29) is 23.6 Å². The van der Waals surface area contributed by atoms with Crippen molar-refractivity contribution in [2.24, 2.45) is 27.8 Å². The molecule has 0 spiro atoms. The van der Waals surface area contributed by atoms with Gasteiger partial charge in [0.15, 0.2) is 11.7 Å². The topological polar surface area (TPSA) is 111 Å². The van der Waals surface area contributed by atoms with Crippen molar-refractivity contribution in [1.82, 2.24) is 5.32 Å². The van der Waals surface area contributed by atoms with Gasteiger partial charge in [0.05, 0.1) is 6.04 Å². The lowest BCUT2D eigenvalue weighted by atomic mass is 9.83. The van der Waals surface area contributed by atoms with Gasteiger partial charge in [-0.05, 0) is 18.8 Å². The Morgan fingerprint density at radius 1 is 1.40 bits per heavy atom. The Labute approximate surface area is 159 Å². The van der Waals surface area contributed by atoms with E-state index in [2.05, 4.69) is 24.2 Å². The molecule has 0 radical (unpaired) electrons. The van der Waals surface area contributed by atoms with Crippen LogP contribution >= 0.6 is 21.6 Å². The van der Waals surface area contributed by atoms with Crippen LogP contribution in [-0.4, -0.2) is 48.2 Å². The van der Waals surface area contributed by atoms with Gasteiger partial charge in [0, 0.05) is 42.9 Å². The zero-order valence-corrected chi connectivity index (χ0v) is 17.2. The van der Waals surface area contributed by atoms with E-state index in [9.17, 15) is 9.59 Å². The van der Waals surface area contributed by atoms with Crippen LogP contribution in [0.1, 0.15) is 46.5 Å². The molecule has 1 saturated heterocycles. The minimum atomic E-state index is -0.447. The van der Waals surface area contributed by atoms with Gasteiger partial charge in [-0.1, -0.05) is 42.4 Å². The van der Waals surface area contributed by atoms with E-state index in [1.807, 2.05) is 6.92 Å². The molecular weight excluding hydrogens is 356 g/mol. The van der Waals surface area contributed by atoms with Gasteiger partial charge < -0.3 is 16.8 Å². The summed E-state index contributed by atoms with van der Waals surface area (Å²) in [5, 5.41) is 3.37. The van der Waals surface area contributed by atoms with Gasteiger partial charge in [0.25, 0.3) is 0 Å². The lowest BCUT2D eigenvalue weighted by Gasteiger charge is -2.31. The van der Waals surface area contributed by atoms with Crippen LogP contribution in [0, 0.1) is 11.3 Å². The summed E-state index contributed by atoms with van der Waals surface area (Å²) in [7, 11) is 3.39. The van der Waals surface area contributed by atoms with Crippen LogP contribution < -0.4 is 16.8 Å². The van der Waals surface area contributed by atoms with E-state index < -0.39 is 5.41 Å². The van der Waals surface area contributed by atoms with Gasteiger partial charge in [-0.3, -0.25) is 14.6 Å². The molecule has 0 amide bonds. The minimum Gasteiger partial charge on any atom is -0.370 e. The number of aliphatic imine (C=N–C) groups is 1. The zero-order chi connectivity index (χ0) is 18.9. The average Bonchev–Trinajstić information content (AvgIpc) is 2.52. The molecule has 0 aromatic carbocycles. The van der Waals surface area contributed by atoms with Crippen LogP contribution in [0.4, 0.5) is 0 Å². The number of hydrogen-bond donors (Lipinski definition) is 3. The Bertz CT molecular complexity index is 481. The van der Waals surface area contributed by atoms with E-state index in [0.29, 0.717) is 38.3 Å². The van der Waals surface area contributed by atoms with E-state index in [1.165, 1.54) is 0 Å². The highest BCUT2D eigenvalue weighted by atomic mass is 33.1. The van der Waals surface area contributed by atoms with Crippen molar-refractivity contribution < 1.29 is 9.59 Å². The van der Waals surface area contributed by atoms with E-state index in [0.717, 1.165) is 17.9 Å². The molecule has 6 nitrogen and oxygen atoms in total. The number of rotatable bonds is 7. The maximum absolute atomic E-state index is 12.7. The smallest absolute Gasteiger partial charge is 0.185 e. The number of hydrogen-bond acceptors (Lipinski definition) is 6. The van der Waals surface area contributed by atoms with Gasteiger partial charge in [-0.15, -0.1) is 0 Å². The fourth-order valence-electron chi connectivity index (χ4n) is 2.62. The predicted octanol–water partition coefficient (Wildman–Crippen LogP) is 1.97. The molecule has 5 N–H and O–H groups in total. The number of Topliss-reactive ketones (excluding diaryl/α,β-unsaturated/α-hetero) is 2. The molecule has 0 aliphatic carbocycles. The van der Waals surface area contributed by atoms with Crippen molar-refractivity contribution in [2.75, 3.05) is 24.6 Å². The molecule has 1 fully saturated rings. The Kier molecular flexibility index (Phi) is 9.89. The maximum Gasteiger partial charge on any atom is 0.185 e. The largest absolute Gasteiger partial charge is 0.370 e.